The van der Waals surface area contributed by atoms with E-state index < -0.39 is 5.75 Å². The minimum Gasteiger partial charge on any atom is -0.504 e. The molecule has 13 heavy (non-hydrogen) atoms. The Morgan fingerprint density at radius 3 is 2.46 bits per heavy atom. The van der Waals surface area contributed by atoms with Gasteiger partial charge in [-0.1, -0.05) is 6.07 Å². The van der Waals surface area contributed by atoms with Crippen LogP contribution in [0, 0.1) is 11.3 Å². The van der Waals surface area contributed by atoms with Gasteiger partial charge in [-0.2, -0.15) is 5.26 Å². The van der Waals surface area contributed by atoms with Crippen LogP contribution in [-0.2, 0) is 6.42 Å². The smallest absolute Gasteiger partial charge is 0.200 e. The lowest BCUT2D eigenvalue weighted by molar-refractivity contribution is 0.365. The summed E-state index contributed by atoms with van der Waals surface area (Å²) in [5, 5.41) is 35.7. The Labute approximate surface area is 75.3 Å². The van der Waals surface area contributed by atoms with E-state index in [2.05, 4.69) is 0 Å². The first kappa shape index (κ1) is 9.20. The second kappa shape index (κ2) is 3.68. The molecule has 1 rings (SSSR count). The number of rotatable bonds is 2. The fourth-order valence-electron chi connectivity index (χ4n) is 1.00. The van der Waals surface area contributed by atoms with E-state index in [1.165, 1.54) is 12.1 Å². The molecule has 0 heterocycles. The van der Waals surface area contributed by atoms with Crippen LogP contribution in [-0.4, -0.2) is 15.3 Å². The molecule has 0 aliphatic heterocycles. The summed E-state index contributed by atoms with van der Waals surface area (Å²) in [7, 11) is 0. The van der Waals surface area contributed by atoms with Crippen LogP contribution < -0.4 is 0 Å². The lowest BCUT2D eigenvalue weighted by atomic mass is 10.1. The average Bonchev–Trinajstić information content (AvgIpc) is 2.13. The van der Waals surface area contributed by atoms with Crippen molar-refractivity contribution >= 4 is 0 Å². The second-order valence-corrected chi connectivity index (χ2v) is 2.60. The highest BCUT2D eigenvalue weighted by Gasteiger charge is 2.09. The van der Waals surface area contributed by atoms with Crippen LogP contribution in [0.1, 0.15) is 12.0 Å². The minimum atomic E-state index is -0.532. The van der Waals surface area contributed by atoms with Crippen molar-refractivity contribution < 1.29 is 15.3 Å². The molecule has 0 saturated heterocycles. The molecule has 0 spiro atoms. The van der Waals surface area contributed by atoms with Crippen molar-refractivity contribution in [3.63, 3.8) is 0 Å². The minimum absolute atomic E-state index is 0.262. The molecule has 0 unspecified atom stereocenters. The second-order valence-electron chi connectivity index (χ2n) is 2.60. The maximum Gasteiger partial charge on any atom is 0.200 e. The number of aryl methyl sites for hydroxylation is 1. The summed E-state index contributed by atoms with van der Waals surface area (Å²) in [6.45, 7) is 0. The maximum atomic E-state index is 9.29. The number of nitriles is 1. The molecule has 0 amide bonds. The van der Waals surface area contributed by atoms with Gasteiger partial charge < -0.3 is 15.3 Å². The van der Waals surface area contributed by atoms with E-state index in [0.717, 1.165) is 0 Å². The highest BCUT2D eigenvalue weighted by molar-refractivity contribution is 5.53. The number of aromatic hydroxyl groups is 3. The van der Waals surface area contributed by atoms with Crippen LogP contribution >= 0.6 is 0 Å². The zero-order chi connectivity index (χ0) is 9.84. The van der Waals surface area contributed by atoms with Crippen molar-refractivity contribution in [2.24, 2.45) is 0 Å². The van der Waals surface area contributed by atoms with Gasteiger partial charge in [-0.25, -0.2) is 0 Å². The Balaban J connectivity index is 2.98. The molecular weight excluding hydrogens is 170 g/mol. The van der Waals surface area contributed by atoms with Gasteiger partial charge in [0.15, 0.2) is 11.5 Å². The highest BCUT2D eigenvalue weighted by atomic mass is 16.3. The number of hydrogen-bond acceptors (Lipinski definition) is 4. The summed E-state index contributed by atoms with van der Waals surface area (Å²) in [5.41, 5.74) is 0.455. The van der Waals surface area contributed by atoms with Gasteiger partial charge in [0.05, 0.1) is 6.07 Å². The van der Waals surface area contributed by atoms with Crippen molar-refractivity contribution in [3.8, 4) is 23.3 Å². The fourth-order valence-corrected chi connectivity index (χ4v) is 1.00. The molecule has 4 nitrogen and oxygen atoms in total. The summed E-state index contributed by atoms with van der Waals surface area (Å²) >= 11 is 0. The molecule has 1 aromatic rings. The van der Waals surface area contributed by atoms with Gasteiger partial charge in [-0.05, 0) is 18.1 Å². The Morgan fingerprint density at radius 2 is 1.85 bits per heavy atom. The topological polar surface area (TPSA) is 84.5 Å². The zero-order valence-corrected chi connectivity index (χ0v) is 6.86. The van der Waals surface area contributed by atoms with Crippen LogP contribution in [0.25, 0.3) is 0 Å². The molecular formula is C9H9NO3. The van der Waals surface area contributed by atoms with Gasteiger partial charge >= 0.3 is 0 Å². The maximum absolute atomic E-state index is 9.29. The molecule has 1 aromatic carbocycles. The van der Waals surface area contributed by atoms with E-state index in [4.69, 9.17) is 15.5 Å². The van der Waals surface area contributed by atoms with E-state index in [1.807, 2.05) is 6.07 Å². The van der Waals surface area contributed by atoms with E-state index in [-0.39, 0.29) is 17.9 Å². The van der Waals surface area contributed by atoms with Gasteiger partial charge in [0.25, 0.3) is 0 Å². The van der Waals surface area contributed by atoms with Crippen LogP contribution in [0.5, 0.6) is 17.2 Å². The van der Waals surface area contributed by atoms with Crippen LogP contribution in [0.3, 0.4) is 0 Å². The van der Waals surface area contributed by atoms with E-state index in [0.29, 0.717) is 12.0 Å². The Morgan fingerprint density at radius 1 is 1.15 bits per heavy atom. The van der Waals surface area contributed by atoms with E-state index >= 15 is 0 Å². The average molecular weight is 179 g/mol. The summed E-state index contributed by atoms with van der Waals surface area (Å²) < 4.78 is 0. The molecule has 0 atom stereocenters. The molecule has 0 saturated carbocycles. The molecule has 3 N–H and O–H groups in total. The molecule has 0 aliphatic rings. The van der Waals surface area contributed by atoms with Crippen LogP contribution in [0.4, 0.5) is 0 Å². The van der Waals surface area contributed by atoms with Gasteiger partial charge in [0.1, 0.15) is 0 Å². The molecule has 0 aromatic heterocycles. The van der Waals surface area contributed by atoms with Crippen LogP contribution in [0.15, 0.2) is 12.1 Å². The van der Waals surface area contributed by atoms with Crippen molar-refractivity contribution in [3.05, 3.63) is 17.7 Å². The molecule has 0 fully saturated rings. The summed E-state index contributed by atoms with van der Waals surface area (Å²) in [4.78, 5) is 0. The van der Waals surface area contributed by atoms with Gasteiger partial charge in [-0.15, -0.1) is 0 Å². The van der Waals surface area contributed by atoms with Crippen molar-refractivity contribution in [2.75, 3.05) is 0 Å². The SMILES string of the molecule is N#CCCc1ccc(O)c(O)c1O. The van der Waals surface area contributed by atoms with Crippen molar-refractivity contribution in [1.82, 2.24) is 0 Å². The molecule has 0 aliphatic carbocycles. The third-order valence-corrected chi connectivity index (χ3v) is 1.72. The highest BCUT2D eigenvalue weighted by Crippen LogP contribution is 2.37. The fraction of sp³-hybridized carbons (Fsp3) is 0.222. The number of hydrogen-bond donors (Lipinski definition) is 3. The zero-order valence-electron chi connectivity index (χ0n) is 6.86. The van der Waals surface area contributed by atoms with Gasteiger partial charge in [-0.3, -0.25) is 0 Å². The Bertz CT molecular complexity index is 355. The third kappa shape index (κ3) is 1.82. The lowest BCUT2D eigenvalue weighted by Crippen LogP contribution is -1.85. The van der Waals surface area contributed by atoms with Crippen molar-refractivity contribution in [1.29, 1.82) is 5.26 Å². The molecule has 0 radical (unpaired) electrons. The molecule has 68 valence electrons. The Hall–Kier alpha value is -1.89. The largest absolute Gasteiger partial charge is 0.504 e. The van der Waals surface area contributed by atoms with Gasteiger partial charge in [0, 0.05) is 6.42 Å². The Kier molecular flexibility index (Phi) is 2.60. The predicted octanol–water partition coefficient (Wildman–Crippen LogP) is 1.26. The number of phenols is 3. The van der Waals surface area contributed by atoms with E-state index in [9.17, 15) is 5.11 Å². The summed E-state index contributed by atoms with van der Waals surface area (Å²) in [5.74, 6) is -1.25. The monoisotopic (exact) mass is 179 g/mol. The normalized spacial score (nSPS) is 9.46. The number of nitrogens with zero attached hydrogens (tertiary/aromatic N) is 1. The molecule has 4 heteroatoms. The lowest BCUT2D eigenvalue weighted by Gasteiger charge is -2.05. The van der Waals surface area contributed by atoms with E-state index in [1.54, 1.807) is 0 Å². The van der Waals surface area contributed by atoms with Crippen molar-refractivity contribution in [2.45, 2.75) is 12.8 Å². The van der Waals surface area contributed by atoms with Gasteiger partial charge in [0.2, 0.25) is 5.75 Å². The summed E-state index contributed by atoms with van der Waals surface area (Å²) in [6.07, 6.45) is 0.619. The number of benzene rings is 1. The number of phenolic OH excluding ortho intramolecular Hbond substituents is 3. The first-order valence-corrected chi connectivity index (χ1v) is 3.76. The standard InChI is InChI=1S/C9H9NO3/c10-5-1-2-6-3-4-7(11)9(13)8(6)12/h3-4,11-13H,1-2H2. The predicted molar refractivity (Wildman–Crippen MR) is 45.4 cm³/mol. The quantitative estimate of drug-likeness (QED) is 0.596. The first-order chi connectivity index (χ1) is 6.16. The third-order valence-electron chi connectivity index (χ3n) is 1.72. The first-order valence-electron chi connectivity index (χ1n) is 3.76. The summed E-state index contributed by atoms with van der Waals surface area (Å²) in [6, 6.07) is 4.68. The van der Waals surface area contributed by atoms with Crippen LogP contribution in [0.2, 0.25) is 0 Å². The molecule has 0 bridgehead atoms.